The lowest BCUT2D eigenvalue weighted by Crippen LogP contribution is -2.37. The van der Waals surface area contributed by atoms with E-state index >= 15 is 0 Å². The highest BCUT2D eigenvalue weighted by Gasteiger charge is 2.20. The number of methoxy groups -OCH3 is 1. The second kappa shape index (κ2) is 13.6. The molecule has 0 aliphatic carbocycles. The summed E-state index contributed by atoms with van der Waals surface area (Å²) < 4.78 is 50.7. The molecule has 0 saturated carbocycles. The number of nitrogens with zero attached hydrogens (tertiary/aromatic N) is 1. The monoisotopic (exact) mass is 517 g/mol. The average Bonchev–Trinajstić information content (AvgIpc) is 3.10. The first-order valence-corrected chi connectivity index (χ1v) is 8.52. The van der Waals surface area contributed by atoms with Crippen LogP contribution in [0.4, 0.5) is 8.78 Å². The highest BCUT2D eigenvalue weighted by atomic mass is 127. The average molecular weight is 517 g/mol. The summed E-state index contributed by atoms with van der Waals surface area (Å²) in [7, 11) is 3.25. The Kier molecular flexibility index (Phi) is 11.8. The van der Waals surface area contributed by atoms with E-state index in [-0.39, 0.29) is 43.1 Å². The summed E-state index contributed by atoms with van der Waals surface area (Å²) in [5, 5.41) is 6.18. The third kappa shape index (κ3) is 8.19. The van der Waals surface area contributed by atoms with Gasteiger partial charge in [0.2, 0.25) is 6.79 Å². The number of alkyl halides is 2. The molecule has 0 unspecified atom stereocenters. The fraction of sp³-hybridized carbons (Fsp3) is 0.588. The van der Waals surface area contributed by atoms with Gasteiger partial charge in [-0.3, -0.25) is 4.99 Å². The van der Waals surface area contributed by atoms with Crippen LogP contribution in [0, 0.1) is 0 Å². The molecule has 11 heteroatoms. The predicted octanol–water partition coefficient (Wildman–Crippen LogP) is 2.35. The maximum absolute atomic E-state index is 12.7. The second-order valence-corrected chi connectivity index (χ2v) is 5.50. The van der Waals surface area contributed by atoms with Crippen LogP contribution in [0.25, 0.3) is 0 Å². The first-order chi connectivity index (χ1) is 13.1. The van der Waals surface area contributed by atoms with Gasteiger partial charge >= 0.3 is 6.61 Å². The zero-order valence-corrected chi connectivity index (χ0v) is 18.2. The molecule has 2 rings (SSSR count). The molecule has 0 amide bonds. The molecular weight excluding hydrogens is 491 g/mol. The van der Waals surface area contributed by atoms with Crippen LogP contribution in [0.3, 0.4) is 0 Å². The molecular formula is C17H26F2IN3O5. The molecule has 0 saturated heterocycles. The maximum atomic E-state index is 12.7. The van der Waals surface area contributed by atoms with E-state index < -0.39 is 6.61 Å². The van der Waals surface area contributed by atoms with Crippen LogP contribution < -0.4 is 24.8 Å². The van der Waals surface area contributed by atoms with Crippen molar-refractivity contribution in [3.63, 3.8) is 0 Å². The van der Waals surface area contributed by atoms with Crippen molar-refractivity contribution in [3.05, 3.63) is 17.7 Å². The number of halogens is 3. The Hall–Kier alpha value is -1.60. The molecule has 0 spiro atoms. The molecule has 0 fully saturated rings. The van der Waals surface area contributed by atoms with Crippen molar-refractivity contribution in [1.82, 2.24) is 10.6 Å². The normalized spacial score (nSPS) is 12.7. The standard InChI is InChI=1S/C17H25F2N3O5.HI/c1-20-17(21-4-3-5-24-7-6-23-2)22-10-12-8-14-15(26-11-25-14)9-13(12)27-16(18)19;/h8-9,16H,3-7,10-11H2,1-2H3,(H2,20,21,22);1H. The number of guanidine groups is 1. The summed E-state index contributed by atoms with van der Waals surface area (Å²) in [6, 6.07) is 3.02. The van der Waals surface area contributed by atoms with Crippen LogP contribution >= 0.6 is 24.0 Å². The Labute approximate surface area is 179 Å². The predicted molar refractivity (Wildman–Crippen MR) is 110 cm³/mol. The number of nitrogens with one attached hydrogen (secondary N) is 2. The van der Waals surface area contributed by atoms with Crippen LogP contribution in [0.2, 0.25) is 0 Å². The van der Waals surface area contributed by atoms with Gasteiger partial charge in [-0.25, -0.2) is 0 Å². The van der Waals surface area contributed by atoms with E-state index in [1.165, 1.54) is 6.07 Å². The van der Waals surface area contributed by atoms with Gasteiger partial charge in [0.25, 0.3) is 0 Å². The van der Waals surface area contributed by atoms with Gasteiger partial charge in [0.15, 0.2) is 17.5 Å². The van der Waals surface area contributed by atoms with Crippen molar-refractivity contribution in [2.24, 2.45) is 4.99 Å². The van der Waals surface area contributed by atoms with E-state index in [1.807, 2.05) is 0 Å². The van der Waals surface area contributed by atoms with Gasteiger partial charge in [0.1, 0.15) is 5.75 Å². The molecule has 1 aliphatic heterocycles. The summed E-state index contributed by atoms with van der Waals surface area (Å²) in [5.41, 5.74) is 0.505. The van der Waals surface area contributed by atoms with Crippen molar-refractivity contribution >= 4 is 29.9 Å². The van der Waals surface area contributed by atoms with Crippen molar-refractivity contribution in [2.45, 2.75) is 19.6 Å². The zero-order chi connectivity index (χ0) is 19.5. The van der Waals surface area contributed by atoms with E-state index in [9.17, 15) is 8.78 Å². The van der Waals surface area contributed by atoms with Crippen molar-refractivity contribution in [1.29, 1.82) is 0 Å². The van der Waals surface area contributed by atoms with Gasteiger partial charge in [-0.15, -0.1) is 24.0 Å². The number of ether oxygens (including phenoxy) is 5. The molecule has 0 aromatic heterocycles. The van der Waals surface area contributed by atoms with E-state index in [2.05, 4.69) is 20.4 Å². The van der Waals surface area contributed by atoms with Crippen LogP contribution in [0.1, 0.15) is 12.0 Å². The lowest BCUT2D eigenvalue weighted by Gasteiger charge is -2.15. The SMILES string of the molecule is CN=C(NCCCOCCOC)NCc1cc2c(cc1OC(F)F)OCO2.I. The van der Waals surface area contributed by atoms with Crippen LogP contribution in [-0.2, 0) is 16.0 Å². The lowest BCUT2D eigenvalue weighted by atomic mass is 10.1. The third-order valence-electron chi connectivity index (χ3n) is 3.63. The highest BCUT2D eigenvalue weighted by Crippen LogP contribution is 2.38. The molecule has 28 heavy (non-hydrogen) atoms. The minimum Gasteiger partial charge on any atom is -0.454 e. The van der Waals surface area contributed by atoms with Gasteiger partial charge in [-0.1, -0.05) is 0 Å². The van der Waals surface area contributed by atoms with Gasteiger partial charge in [-0.05, 0) is 12.5 Å². The molecule has 1 aliphatic rings. The van der Waals surface area contributed by atoms with Gasteiger partial charge in [0.05, 0.1) is 13.2 Å². The Morgan fingerprint density at radius 1 is 1.18 bits per heavy atom. The molecule has 1 aromatic rings. The van der Waals surface area contributed by atoms with Crippen LogP contribution in [0.15, 0.2) is 17.1 Å². The van der Waals surface area contributed by atoms with Gasteiger partial charge in [-0.2, -0.15) is 8.78 Å². The molecule has 0 atom stereocenters. The van der Waals surface area contributed by atoms with Crippen molar-refractivity contribution in [2.75, 3.05) is 47.3 Å². The van der Waals surface area contributed by atoms with Crippen LogP contribution in [0.5, 0.6) is 17.2 Å². The molecule has 0 bridgehead atoms. The van der Waals surface area contributed by atoms with E-state index in [0.29, 0.717) is 49.4 Å². The Morgan fingerprint density at radius 2 is 1.93 bits per heavy atom. The maximum Gasteiger partial charge on any atom is 0.387 e. The van der Waals surface area contributed by atoms with E-state index in [1.54, 1.807) is 20.2 Å². The highest BCUT2D eigenvalue weighted by molar-refractivity contribution is 14.0. The lowest BCUT2D eigenvalue weighted by molar-refractivity contribution is -0.0505. The molecule has 2 N–H and O–H groups in total. The minimum absolute atomic E-state index is 0. The number of rotatable bonds is 11. The summed E-state index contributed by atoms with van der Waals surface area (Å²) in [6.45, 7) is -0.288. The molecule has 1 heterocycles. The first-order valence-electron chi connectivity index (χ1n) is 8.52. The quantitative estimate of drug-likeness (QED) is 0.202. The second-order valence-electron chi connectivity index (χ2n) is 5.50. The Balaban J connectivity index is 0.00000392. The molecule has 8 nitrogen and oxygen atoms in total. The molecule has 0 radical (unpaired) electrons. The van der Waals surface area contributed by atoms with Gasteiger partial charge in [0, 0.05) is 45.5 Å². The number of benzene rings is 1. The summed E-state index contributed by atoms with van der Waals surface area (Å²) in [5.74, 6) is 1.44. The van der Waals surface area contributed by atoms with E-state index in [0.717, 1.165) is 6.42 Å². The first kappa shape index (κ1) is 24.4. The van der Waals surface area contributed by atoms with Gasteiger partial charge < -0.3 is 34.3 Å². The molecule has 1 aromatic carbocycles. The fourth-order valence-corrected chi connectivity index (χ4v) is 2.33. The van der Waals surface area contributed by atoms with E-state index in [4.69, 9.17) is 18.9 Å². The smallest absolute Gasteiger partial charge is 0.387 e. The number of hydrogen-bond donors (Lipinski definition) is 2. The Morgan fingerprint density at radius 3 is 2.61 bits per heavy atom. The summed E-state index contributed by atoms with van der Waals surface area (Å²) >= 11 is 0. The summed E-state index contributed by atoms with van der Waals surface area (Å²) in [4.78, 5) is 4.10. The van der Waals surface area contributed by atoms with Crippen molar-refractivity contribution < 1.29 is 32.5 Å². The number of fused-ring (bicyclic) bond motifs is 1. The van der Waals surface area contributed by atoms with Crippen molar-refractivity contribution in [3.8, 4) is 17.2 Å². The number of aliphatic imine (C=N–C) groups is 1. The van der Waals surface area contributed by atoms with Crippen LogP contribution in [-0.4, -0.2) is 59.9 Å². The fourth-order valence-electron chi connectivity index (χ4n) is 2.33. The topological polar surface area (TPSA) is 82.6 Å². The Bertz CT molecular complexity index is 623. The number of hydrogen-bond acceptors (Lipinski definition) is 6. The largest absolute Gasteiger partial charge is 0.454 e. The zero-order valence-electron chi connectivity index (χ0n) is 15.8. The molecule has 160 valence electrons. The minimum atomic E-state index is -2.93. The third-order valence-corrected chi connectivity index (χ3v) is 3.63. The summed E-state index contributed by atoms with van der Waals surface area (Å²) in [6.07, 6.45) is 0.786.